The highest BCUT2D eigenvalue weighted by Crippen LogP contribution is 2.18. The minimum Gasteiger partial charge on any atom is -0.494 e. The summed E-state index contributed by atoms with van der Waals surface area (Å²) in [5.74, 6) is -3.66. The summed E-state index contributed by atoms with van der Waals surface area (Å²) in [6, 6.07) is 0.636. The first-order chi connectivity index (χ1) is 6.00. The van der Waals surface area contributed by atoms with Gasteiger partial charge in [0.25, 0.3) is 5.56 Å². The van der Waals surface area contributed by atoms with Crippen LogP contribution in [0.25, 0.3) is 0 Å². The van der Waals surface area contributed by atoms with E-state index < -0.39 is 22.9 Å². The van der Waals surface area contributed by atoms with E-state index in [1.54, 1.807) is 4.98 Å². The number of nitrogens with zero attached hydrogens (tertiary/aromatic N) is 1. The number of halogens is 2. The molecule has 13 heavy (non-hydrogen) atoms. The molecule has 0 saturated carbocycles. The largest absolute Gasteiger partial charge is 0.494 e. The van der Waals surface area contributed by atoms with Gasteiger partial charge in [0.2, 0.25) is 5.88 Å². The quantitative estimate of drug-likeness (QED) is 0.718. The number of hydrogen-bond acceptors (Lipinski definition) is 4. The Morgan fingerprint density at radius 1 is 1.54 bits per heavy atom. The molecule has 8 heteroatoms. The summed E-state index contributed by atoms with van der Waals surface area (Å²) < 4.78 is 23.9. The Kier molecular flexibility index (Phi) is 2.71. The van der Waals surface area contributed by atoms with Crippen molar-refractivity contribution in [3.63, 3.8) is 0 Å². The molecule has 0 aliphatic carbocycles. The molecular weight excluding hydrogens is 206 g/mol. The van der Waals surface area contributed by atoms with Crippen LogP contribution in [0.2, 0.25) is 0 Å². The summed E-state index contributed by atoms with van der Waals surface area (Å²) in [5, 5.41) is 8.91. The molecule has 0 aromatic carbocycles. The molecule has 0 fully saturated rings. The molecule has 1 aromatic rings. The molecule has 1 heterocycles. The van der Waals surface area contributed by atoms with Crippen LogP contribution in [0.3, 0.4) is 0 Å². The fourth-order valence-corrected chi connectivity index (χ4v) is 1.12. The minimum atomic E-state index is -2.85. The first kappa shape index (κ1) is 9.78. The fourth-order valence-electron chi connectivity index (χ4n) is 0.654. The molecule has 0 radical (unpaired) electrons. The minimum absolute atomic E-state index is 0.189. The highest BCUT2D eigenvalue weighted by Gasteiger charge is 2.11. The number of aromatic hydroxyl groups is 1. The number of nitrogens with one attached hydrogen (secondary N) is 1. The third-order valence-corrected chi connectivity index (χ3v) is 1.79. The van der Waals surface area contributed by atoms with Gasteiger partial charge in [0.15, 0.2) is 0 Å². The average molecular weight is 210 g/mol. The Balaban J connectivity index is 3.22. The molecule has 0 atom stereocenters. The lowest BCUT2D eigenvalue weighted by Crippen LogP contribution is -2.26. The lowest BCUT2D eigenvalue weighted by atomic mass is 10.6. The maximum atomic E-state index is 11.8. The maximum absolute atomic E-state index is 11.8. The molecule has 1 aromatic heterocycles. The monoisotopic (exact) mass is 210 g/mol. The van der Waals surface area contributed by atoms with Crippen LogP contribution >= 0.6 is 11.9 Å². The van der Waals surface area contributed by atoms with Crippen molar-refractivity contribution in [2.75, 3.05) is 0 Å². The van der Waals surface area contributed by atoms with Gasteiger partial charge in [-0.25, -0.2) is 4.79 Å². The molecule has 0 spiro atoms. The molecule has 2 N–H and O–H groups in total. The number of hydrogen-bond donors (Lipinski definition) is 2. The van der Waals surface area contributed by atoms with Crippen LogP contribution in [0, 0.1) is 0 Å². The lowest BCUT2D eigenvalue weighted by molar-refractivity contribution is 0.250. The topological polar surface area (TPSA) is 75.1 Å². The molecule has 0 aliphatic rings. The number of H-pyrrole nitrogens is 1. The predicted octanol–water partition coefficient (Wildman–Crippen LogP) is -0.0389. The van der Waals surface area contributed by atoms with Crippen molar-refractivity contribution in [3.05, 3.63) is 26.9 Å². The van der Waals surface area contributed by atoms with Gasteiger partial charge in [-0.3, -0.25) is 9.78 Å². The van der Waals surface area contributed by atoms with Gasteiger partial charge in [-0.2, -0.15) is 12.8 Å². The predicted molar refractivity (Wildman–Crippen MR) is 42.0 cm³/mol. The fraction of sp³-hybridized carbons (Fsp3) is 0.200. The number of rotatable bonds is 2. The number of alkyl halides is 2. The van der Waals surface area contributed by atoms with Crippen LogP contribution in [0.4, 0.5) is 8.78 Å². The van der Waals surface area contributed by atoms with Gasteiger partial charge in [0, 0.05) is 11.9 Å². The maximum Gasteiger partial charge on any atom is 0.341 e. The molecule has 72 valence electrons. The average Bonchev–Trinajstić information content (AvgIpc) is 1.96. The van der Waals surface area contributed by atoms with Gasteiger partial charge in [0.1, 0.15) is 0 Å². The van der Waals surface area contributed by atoms with Gasteiger partial charge in [-0.15, -0.1) is 0 Å². The molecule has 0 saturated heterocycles. The van der Waals surface area contributed by atoms with Crippen molar-refractivity contribution < 1.29 is 13.9 Å². The van der Waals surface area contributed by atoms with E-state index in [1.807, 2.05) is 0 Å². The Morgan fingerprint density at radius 3 is 2.62 bits per heavy atom. The molecule has 0 aliphatic heterocycles. The van der Waals surface area contributed by atoms with E-state index in [0.717, 1.165) is 0 Å². The van der Waals surface area contributed by atoms with E-state index in [1.165, 1.54) is 0 Å². The van der Waals surface area contributed by atoms with Crippen LogP contribution < -0.4 is 11.2 Å². The van der Waals surface area contributed by atoms with Crippen LogP contribution in [-0.2, 0) is 0 Å². The van der Waals surface area contributed by atoms with E-state index in [2.05, 4.69) is 0 Å². The van der Waals surface area contributed by atoms with Gasteiger partial charge in [-0.1, -0.05) is 0 Å². The zero-order valence-corrected chi connectivity index (χ0v) is 6.85. The van der Waals surface area contributed by atoms with Crippen LogP contribution in [0.1, 0.15) is 0 Å². The Bertz CT molecular complexity index is 413. The summed E-state index contributed by atoms with van der Waals surface area (Å²) >= 11 is -0.189. The van der Waals surface area contributed by atoms with Crippen molar-refractivity contribution in [2.24, 2.45) is 0 Å². The van der Waals surface area contributed by atoms with E-state index in [-0.39, 0.29) is 11.9 Å². The molecule has 0 unspecified atom stereocenters. The van der Waals surface area contributed by atoms with Gasteiger partial charge < -0.3 is 5.11 Å². The van der Waals surface area contributed by atoms with Gasteiger partial charge in [-0.05, 0) is 0 Å². The second-order valence-corrected chi connectivity index (χ2v) is 2.89. The van der Waals surface area contributed by atoms with E-state index in [4.69, 9.17) is 5.11 Å². The summed E-state index contributed by atoms with van der Waals surface area (Å²) in [6.45, 7) is 0. The smallest absolute Gasteiger partial charge is 0.341 e. The SMILES string of the molecule is O=c1cc(O)n(SC(F)F)c(=O)[nH]1. The Morgan fingerprint density at radius 2 is 2.15 bits per heavy atom. The van der Waals surface area contributed by atoms with Crippen molar-refractivity contribution >= 4 is 11.9 Å². The summed E-state index contributed by atoms with van der Waals surface area (Å²) in [4.78, 5) is 23.0. The molecular formula is C5H4F2N2O3S. The highest BCUT2D eigenvalue weighted by atomic mass is 32.2. The standard InChI is InChI=1S/C5H4F2N2O3S/c6-4(7)13-9-3(11)1-2(10)8-5(9)12/h1,4,11H,(H,8,10,12). The van der Waals surface area contributed by atoms with Crippen LogP contribution in [-0.4, -0.2) is 19.8 Å². The summed E-state index contributed by atoms with van der Waals surface area (Å²) in [5.41, 5.74) is -1.93. The normalized spacial score (nSPS) is 10.7. The van der Waals surface area contributed by atoms with E-state index in [0.29, 0.717) is 10.0 Å². The number of aromatic nitrogens is 2. The van der Waals surface area contributed by atoms with Gasteiger partial charge >= 0.3 is 11.4 Å². The van der Waals surface area contributed by atoms with Crippen molar-refractivity contribution in [3.8, 4) is 5.88 Å². The van der Waals surface area contributed by atoms with Crippen LogP contribution in [0.5, 0.6) is 5.88 Å². The molecule has 5 nitrogen and oxygen atoms in total. The van der Waals surface area contributed by atoms with E-state index >= 15 is 0 Å². The molecule has 1 rings (SSSR count). The lowest BCUT2D eigenvalue weighted by Gasteiger charge is -2.03. The zero-order valence-electron chi connectivity index (χ0n) is 6.03. The molecule has 0 bridgehead atoms. The zero-order chi connectivity index (χ0) is 10.0. The van der Waals surface area contributed by atoms with Crippen molar-refractivity contribution in [1.82, 2.24) is 8.96 Å². The second-order valence-electron chi connectivity index (χ2n) is 1.96. The Labute approximate surface area is 74.2 Å². The first-order valence-electron chi connectivity index (χ1n) is 3.01. The third-order valence-electron chi connectivity index (χ3n) is 1.07. The second kappa shape index (κ2) is 3.60. The van der Waals surface area contributed by atoms with Gasteiger partial charge in [0.05, 0.1) is 6.07 Å². The first-order valence-corrected chi connectivity index (χ1v) is 3.85. The van der Waals surface area contributed by atoms with Crippen molar-refractivity contribution in [1.29, 1.82) is 0 Å². The Hall–Kier alpha value is -1.31. The third kappa shape index (κ3) is 2.31. The van der Waals surface area contributed by atoms with Crippen molar-refractivity contribution in [2.45, 2.75) is 5.76 Å². The summed E-state index contributed by atoms with van der Waals surface area (Å²) in [7, 11) is 0. The highest BCUT2D eigenvalue weighted by molar-refractivity contribution is 7.98. The summed E-state index contributed by atoms with van der Waals surface area (Å²) in [6.07, 6.45) is 0. The van der Waals surface area contributed by atoms with Crippen LogP contribution in [0.15, 0.2) is 15.7 Å². The molecule has 0 amide bonds. The van der Waals surface area contributed by atoms with E-state index in [9.17, 15) is 18.4 Å². The number of aromatic amines is 1.